The number of nitrogens with zero attached hydrogens (tertiary/aromatic N) is 1. The van der Waals surface area contributed by atoms with Gasteiger partial charge >= 0.3 is 0 Å². The summed E-state index contributed by atoms with van der Waals surface area (Å²) < 4.78 is 0. The number of hydrogen-bond donors (Lipinski definition) is 1. The molecule has 1 fully saturated rings. The Labute approximate surface area is 147 Å². The van der Waals surface area contributed by atoms with Crippen LogP contribution in [0.15, 0.2) is 41.8 Å². The van der Waals surface area contributed by atoms with Gasteiger partial charge < -0.3 is 5.32 Å². The molecule has 1 saturated carbocycles. The van der Waals surface area contributed by atoms with Crippen molar-refractivity contribution in [3.8, 4) is 0 Å². The Morgan fingerprint density at radius 1 is 1.21 bits per heavy atom. The lowest BCUT2D eigenvalue weighted by molar-refractivity contribution is -0.123. The van der Waals surface area contributed by atoms with Crippen molar-refractivity contribution in [1.29, 1.82) is 0 Å². The Morgan fingerprint density at radius 3 is 2.83 bits per heavy atom. The maximum Gasteiger partial charge on any atom is 0.234 e. The van der Waals surface area contributed by atoms with Gasteiger partial charge in [-0.2, -0.15) is 0 Å². The molecule has 1 aliphatic heterocycles. The summed E-state index contributed by atoms with van der Waals surface area (Å²) >= 11 is 1.88. The summed E-state index contributed by atoms with van der Waals surface area (Å²) in [5.74, 6) is 0.922. The van der Waals surface area contributed by atoms with E-state index in [1.54, 1.807) is 0 Å². The second kappa shape index (κ2) is 7.08. The molecule has 4 rings (SSSR count). The number of benzene rings is 1. The highest BCUT2D eigenvalue weighted by molar-refractivity contribution is 7.10. The lowest BCUT2D eigenvalue weighted by atomic mass is 9.96. The van der Waals surface area contributed by atoms with Crippen LogP contribution in [0.4, 0.5) is 0 Å². The zero-order valence-electron chi connectivity index (χ0n) is 13.9. The van der Waals surface area contributed by atoms with Crippen molar-refractivity contribution < 1.29 is 4.79 Å². The first-order valence-electron chi connectivity index (χ1n) is 8.92. The Morgan fingerprint density at radius 2 is 2.04 bits per heavy atom. The Bertz CT molecular complexity index is 693. The predicted octanol–water partition coefficient (Wildman–Crippen LogP) is 3.42. The van der Waals surface area contributed by atoms with Gasteiger partial charge in [0.1, 0.15) is 0 Å². The maximum absolute atomic E-state index is 12.4. The van der Waals surface area contributed by atoms with Crippen molar-refractivity contribution in [3.63, 3.8) is 0 Å². The van der Waals surface area contributed by atoms with Crippen LogP contribution in [0.1, 0.15) is 34.9 Å². The normalized spacial score (nSPS) is 20.6. The van der Waals surface area contributed by atoms with Crippen LogP contribution < -0.4 is 5.32 Å². The highest BCUT2D eigenvalue weighted by Gasteiger charge is 2.40. The van der Waals surface area contributed by atoms with Crippen molar-refractivity contribution in [2.45, 2.75) is 31.7 Å². The zero-order valence-corrected chi connectivity index (χ0v) is 14.7. The molecule has 1 N–H and O–H groups in total. The maximum atomic E-state index is 12.4. The standard InChI is InChI=1S/C20H24N2OS/c23-19(21-11-8-15-4-2-1-3-5-15)14-22-12-9-18-17(10-13-24-18)20(22)16-6-7-16/h1-5,10,13,16,20H,6-9,11-12,14H2,(H,21,23)/t20-/m1/s1. The summed E-state index contributed by atoms with van der Waals surface area (Å²) in [6, 6.07) is 13.1. The quantitative estimate of drug-likeness (QED) is 0.874. The molecular weight excluding hydrogens is 316 g/mol. The molecule has 126 valence electrons. The van der Waals surface area contributed by atoms with Crippen LogP contribution >= 0.6 is 11.3 Å². The lowest BCUT2D eigenvalue weighted by Crippen LogP contribution is -2.43. The number of nitrogens with one attached hydrogen (secondary N) is 1. The molecule has 1 atom stereocenters. The molecule has 1 aromatic carbocycles. The van der Waals surface area contributed by atoms with E-state index in [4.69, 9.17) is 0 Å². The molecule has 0 saturated heterocycles. The number of amides is 1. The molecule has 2 aliphatic rings. The van der Waals surface area contributed by atoms with E-state index in [0.717, 1.165) is 25.3 Å². The van der Waals surface area contributed by atoms with Crippen molar-refractivity contribution in [2.24, 2.45) is 5.92 Å². The molecule has 2 aromatic rings. The van der Waals surface area contributed by atoms with Gasteiger partial charge in [0.2, 0.25) is 5.91 Å². The largest absolute Gasteiger partial charge is 0.355 e. The van der Waals surface area contributed by atoms with E-state index in [0.29, 0.717) is 19.1 Å². The van der Waals surface area contributed by atoms with E-state index in [1.807, 2.05) is 29.5 Å². The summed E-state index contributed by atoms with van der Waals surface area (Å²) in [6.07, 6.45) is 4.61. The summed E-state index contributed by atoms with van der Waals surface area (Å²) in [7, 11) is 0. The number of carbonyl (C=O) groups excluding carboxylic acids is 1. The molecule has 0 spiro atoms. The van der Waals surface area contributed by atoms with Crippen molar-refractivity contribution in [3.05, 3.63) is 57.8 Å². The second-order valence-electron chi connectivity index (χ2n) is 6.89. The zero-order chi connectivity index (χ0) is 16.4. The third-order valence-corrected chi connectivity index (χ3v) is 6.11. The fraction of sp³-hybridized carbons (Fsp3) is 0.450. The van der Waals surface area contributed by atoms with E-state index >= 15 is 0 Å². The van der Waals surface area contributed by atoms with Gasteiger partial charge in [-0.05, 0) is 54.2 Å². The topological polar surface area (TPSA) is 32.3 Å². The first-order chi connectivity index (χ1) is 11.8. The van der Waals surface area contributed by atoms with Gasteiger partial charge in [-0.25, -0.2) is 0 Å². The Kier molecular flexibility index (Phi) is 4.67. The van der Waals surface area contributed by atoms with Gasteiger partial charge in [0, 0.05) is 24.0 Å². The third-order valence-electron chi connectivity index (χ3n) is 5.11. The first-order valence-corrected chi connectivity index (χ1v) is 9.80. The van der Waals surface area contributed by atoms with Gasteiger partial charge in [0.25, 0.3) is 0 Å². The van der Waals surface area contributed by atoms with Crippen molar-refractivity contribution in [1.82, 2.24) is 10.2 Å². The predicted molar refractivity (Wildman–Crippen MR) is 98.2 cm³/mol. The van der Waals surface area contributed by atoms with Crippen LogP contribution in [0.25, 0.3) is 0 Å². The number of fused-ring (bicyclic) bond motifs is 1. The van der Waals surface area contributed by atoms with Gasteiger partial charge in [-0.1, -0.05) is 30.3 Å². The van der Waals surface area contributed by atoms with E-state index < -0.39 is 0 Å². The highest BCUT2D eigenvalue weighted by atomic mass is 32.1. The first kappa shape index (κ1) is 15.9. The lowest BCUT2D eigenvalue weighted by Gasteiger charge is -2.35. The van der Waals surface area contributed by atoms with Crippen molar-refractivity contribution in [2.75, 3.05) is 19.6 Å². The number of carbonyl (C=O) groups is 1. The fourth-order valence-corrected chi connectivity index (χ4v) is 4.68. The molecule has 1 aliphatic carbocycles. The van der Waals surface area contributed by atoms with E-state index in [2.05, 4.69) is 33.8 Å². The third kappa shape index (κ3) is 3.55. The highest BCUT2D eigenvalue weighted by Crippen LogP contribution is 2.48. The number of rotatable bonds is 6. The smallest absolute Gasteiger partial charge is 0.234 e. The van der Waals surface area contributed by atoms with Gasteiger partial charge in [0.15, 0.2) is 0 Å². The van der Waals surface area contributed by atoms with Gasteiger partial charge in [0.05, 0.1) is 6.54 Å². The second-order valence-corrected chi connectivity index (χ2v) is 7.89. The van der Waals surface area contributed by atoms with Gasteiger partial charge in [-0.15, -0.1) is 11.3 Å². The van der Waals surface area contributed by atoms with Crippen LogP contribution in [-0.2, 0) is 17.6 Å². The van der Waals surface area contributed by atoms with Gasteiger partial charge in [-0.3, -0.25) is 9.69 Å². The minimum atomic E-state index is 0.162. The summed E-state index contributed by atoms with van der Waals surface area (Å²) in [5, 5.41) is 5.31. The SMILES string of the molecule is O=C(CN1CCc2sccc2[C@H]1C1CC1)NCCc1ccccc1. The summed E-state index contributed by atoms with van der Waals surface area (Å²) in [5.41, 5.74) is 2.76. The van der Waals surface area contributed by atoms with Crippen molar-refractivity contribution >= 4 is 17.2 Å². The van der Waals surface area contributed by atoms with E-state index in [9.17, 15) is 4.79 Å². The number of thiophene rings is 1. The van der Waals surface area contributed by atoms with Crippen LogP contribution in [0.2, 0.25) is 0 Å². The monoisotopic (exact) mass is 340 g/mol. The Balaban J connectivity index is 1.32. The molecule has 3 nitrogen and oxygen atoms in total. The van der Waals surface area contributed by atoms with Crippen LogP contribution in [-0.4, -0.2) is 30.4 Å². The van der Waals surface area contributed by atoms with E-state index in [1.165, 1.54) is 28.8 Å². The fourth-order valence-electron chi connectivity index (χ4n) is 3.77. The molecule has 1 amide bonds. The van der Waals surface area contributed by atoms with Crippen LogP contribution in [0.5, 0.6) is 0 Å². The van der Waals surface area contributed by atoms with E-state index in [-0.39, 0.29) is 5.91 Å². The average molecular weight is 340 g/mol. The molecule has 24 heavy (non-hydrogen) atoms. The minimum absolute atomic E-state index is 0.162. The molecule has 2 heterocycles. The van der Waals surface area contributed by atoms with Crippen LogP contribution in [0.3, 0.4) is 0 Å². The molecule has 0 unspecified atom stereocenters. The molecule has 4 heteroatoms. The molecular formula is C20H24N2OS. The number of hydrogen-bond acceptors (Lipinski definition) is 3. The molecule has 1 aromatic heterocycles. The van der Waals surface area contributed by atoms with Crippen LogP contribution in [0, 0.1) is 5.92 Å². The minimum Gasteiger partial charge on any atom is -0.355 e. The summed E-state index contributed by atoms with van der Waals surface area (Å²) in [4.78, 5) is 16.3. The molecule has 0 bridgehead atoms. The Hall–Kier alpha value is -1.65. The average Bonchev–Trinajstić information content (AvgIpc) is 3.32. The summed E-state index contributed by atoms with van der Waals surface area (Å²) in [6.45, 7) is 2.26. The molecule has 0 radical (unpaired) electrons.